The molecule has 1 N–H and O–H groups in total. The first kappa shape index (κ1) is 13.9. The quantitative estimate of drug-likeness (QED) is 0.678. The second-order valence-corrected chi connectivity index (χ2v) is 4.54. The molecule has 0 bridgehead atoms. The maximum Gasteiger partial charge on any atom is 0.358 e. The predicted octanol–water partition coefficient (Wildman–Crippen LogP) is 3.24. The van der Waals surface area contributed by atoms with E-state index in [9.17, 15) is 14.9 Å². The molecular weight excluding hydrogens is 332 g/mol. The van der Waals surface area contributed by atoms with E-state index in [-0.39, 0.29) is 22.9 Å². The van der Waals surface area contributed by atoms with E-state index in [4.69, 9.17) is 9.84 Å². The van der Waals surface area contributed by atoms with Crippen molar-refractivity contribution in [3.63, 3.8) is 0 Å². The van der Waals surface area contributed by atoms with Gasteiger partial charge in [0.1, 0.15) is 0 Å². The van der Waals surface area contributed by atoms with Crippen LogP contribution in [-0.2, 0) is 0 Å². The van der Waals surface area contributed by atoms with Crippen molar-refractivity contribution in [2.24, 2.45) is 0 Å². The Morgan fingerprint density at radius 2 is 2.10 bits per heavy atom. The molecular formula is C12H7BrN2O5. The fourth-order valence-electron chi connectivity index (χ4n) is 1.47. The fraction of sp³-hybridized carbons (Fsp3) is 0. The molecule has 2 rings (SSSR count). The van der Waals surface area contributed by atoms with Crippen molar-refractivity contribution < 1.29 is 19.6 Å². The van der Waals surface area contributed by atoms with Gasteiger partial charge in [0.2, 0.25) is 5.75 Å². The molecule has 1 aromatic heterocycles. The molecule has 0 aliphatic carbocycles. The topological polar surface area (TPSA) is 103 Å². The molecule has 0 fully saturated rings. The van der Waals surface area contributed by atoms with Crippen LogP contribution in [0.15, 0.2) is 41.0 Å². The first-order chi connectivity index (χ1) is 9.49. The summed E-state index contributed by atoms with van der Waals surface area (Å²) in [6.07, 6.45) is 1.30. The molecule has 0 atom stereocenters. The molecule has 102 valence electrons. The number of ether oxygens (including phenoxy) is 1. The van der Waals surface area contributed by atoms with Crippen LogP contribution >= 0.6 is 15.9 Å². The summed E-state index contributed by atoms with van der Waals surface area (Å²) in [6.45, 7) is 0. The van der Waals surface area contributed by atoms with Gasteiger partial charge in [0, 0.05) is 16.7 Å². The molecule has 0 saturated carbocycles. The van der Waals surface area contributed by atoms with Crippen molar-refractivity contribution in [2.75, 3.05) is 0 Å². The average molecular weight is 339 g/mol. The molecule has 0 aliphatic heterocycles. The van der Waals surface area contributed by atoms with Gasteiger partial charge in [0.15, 0.2) is 11.4 Å². The summed E-state index contributed by atoms with van der Waals surface area (Å²) in [6, 6.07) is 7.06. The number of nitro groups is 1. The smallest absolute Gasteiger partial charge is 0.358 e. The molecule has 8 heteroatoms. The van der Waals surface area contributed by atoms with Crippen LogP contribution in [-0.4, -0.2) is 21.0 Å². The highest BCUT2D eigenvalue weighted by molar-refractivity contribution is 9.10. The largest absolute Gasteiger partial charge is 0.476 e. The van der Waals surface area contributed by atoms with Gasteiger partial charge >= 0.3 is 11.7 Å². The molecule has 0 amide bonds. The molecule has 0 aliphatic rings. The Morgan fingerprint density at radius 1 is 1.35 bits per heavy atom. The van der Waals surface area contributed by atoms with Crippen molar-refractivity contribution in [2.45, 2.75) is 0 Å². The monoisotopic (exact) mass is 338 g/mol. The third-order valence-electron chi connectivity index (χ3n) is 2.31. The van der Waals surface area contributed by atoms with Crippen LogP contribution < -0.4 is 4.74 Å². The minimum atomic E-state index is -1.28. The van der Waals surface area contributed by atoms with Crippen molar-refractivity contribution in [3.8, 4) is 11.5 Å². The zero-order valence-corrected chi connectivity index (χ0v) is 11.4. The van der Waals surface area contributed by atoms with Gasteiger partial charge in [-0.05, 0) is 24.3 Å². The number of carboxylic acid groups (broad SMARTS) is 1. The van der Waals surface area contributed by atoms with Gasteiger partial charge in [-0.3, -0.25) is 10.1 Å². The van der Waals surface area contributed by atoms with E-state index in [2.05, 4.69) is 20.9 Å². The molecule has 1 heterocycles. The molecule has 0 radical (unpaired) electrons. The number of carbonyl (C=O) groups is 1. The van der Waals surface area contributed by atoms with E-state index in [0.29, 0.717) is 4.47 Å². The van der Waals surface area contributed by atoms with E-state index >= 15 is 0 Å². The lowest BCUT2D eigenvalue weighted by atomic mass is 10.3. The first-order valence-corrected chi connectivity index (χ1v) is 6.08. The van der Waals surface area contributed by atoms with Crippen LogP contribution in [0, 0.1) is 10.1 Å². The van der Waals surface area contributed by atoms with Gasteiger partial charge in [-0.15, -0.1) is 0 Å². The number of halogens is 1. The Bertz CT molecular complexity index is 689. The van der Waals surface area contributed by atoms with Crippen molar-refractivity contribution >= 4 is 27.6 Å². The summed E-state index contributed by atoms with van der Waals surface area (Å²) >= 11 is 3.12. The van der Waals surface area contributed by atoms with Gasteiger partial charge < -0.3 is 9.84 Å². The summed E-state index contributed by atoms with van der Waals surface area (Å²) in [5.41, 5.74) is -0.593. The molecule has 20 heavy (non-hydrogen) atoms. The first-order valence-electron chi connectivity index (χ1n) is 5.29. The maximum absolute atomic E-state index is 11.0. The van der Waals surface area contributed by atoms with Crippen molar-refractivity contribution in [1.29, 1.82) is 0 Å². The van der Waals surface area contributed by atoms with Gasteiger partial charge in [0.25, 0.3) is 0 Å². The lowest BCUT2D eigenvalue weighted by Gasteiger charge is -2.08. The SMILES string of the molecule is O=C(O)c1ncccc1Oc1ccc(Br)cc1[N+](=O)[O-]. The molecule has 0 unspecified atom stereocenters. The third-order valence-corrected chi connectivity index (χ3v) is 2.80. The number of nitrogens with zero attached hydrogens (tertiary/aromatic N) is 2. The number of aromatic nitrogens is 1. The highest BCUT2D eigenvalue weighted by atomic mass is 79.9. The number of hydrogen-bond donors (Lipinski definition) is 1. The summed E-state index contributed by atoms with van der Waals surface area (Å²) in [5, 5.41) is 19.9. The van der Waals surface area contributed by atoms with Crippen LogP contribution in [0.2, 0.25) is 0 Å². The lowest BCUT2D eigenvalue weighted by Crippen LogP contribution is -2.03. The van der Waals surface area contributed by atoms with Gasteiger partial charge in [-0.1, -0.05) is 15.9 Å². The minimum absolute atomic E-state index is 0.0614. The van der Waals surface area contributed by atoms with Crippen LogP contribution in [0.1, 0.15) is 10.5 Å². The minimum Gasteiger partial charge on any atom is -0.476 e. The predicted molar refractivity (Wildman–Crippen MR) is 72.1 cm³/mol. The summed E-state index contributed by atoms with van der Waals surface area (Å²) < 4.78 is 5.83. The summed E-state index contributed by atoms with van der Waals surface area (Å²) in [7, 11) is 0. The second-order valence-electron chi connectivity index (χ2n) is 3.63. The summed E-state index contributed by atoms with van der Waals surface area (Å²) in [4.78, 5) is 25.0. The van der Waals surface area contributed by atoms with Crippen molar-refractivity contribution in [1.82, 2.24) is 4.98 Å². The highest BCUT2D eigenvalue weighted by Gasteiger charge is 2.19. The van der Waals surface area contributed by atoms with Crippen LogP contribution in [0.25, 0.3) is 0 Å². The van der Waals surface area contributed by atoms with Gasteiger partial charge in [-0.2, -0.15) is 0 Å². The summed E-state index contributed by atoms with van der Waals surface area (Å²) in [5.74, 6) is -1.40. The third kappa shape index (κ3) is 2.91. The number of benzene rings is 1. The fourth-order valence-corrected chi connectivity index (χ4v) is 1.82. The highest BCUT2D eigenvalue weighted by Crippen LogP contribution is 2.34. The number of pyridine rings is 1. The number of nitro benzene ring substituents is 1. The molecule has 0 spiro atoms. The molecule has 7 nitrogen and oxygen atoms in total. The van der Waals surface area contributed by atoms with Crippen LogP contribution in [0.3, 0.4) is 0 Å². The number of hydrogen-bond acceptors (Lipinski definition) is 5. The Labute approximate surface area is 121 Å². The van der Waals surface area contributed by atoms with E-state index in [1.807, 2.05) is 0 Å². The van der Waals surface area contributed by atoms with E-state index in [1.165, 1.54) is 30.5 Å². The normalized spacial score (nSPS) is 10.1. The number of rotatable bonds is 4. The van der Waals surface area contributed by atoms with E-state index in [0.717, 1.165) is 0 Å². The molecule has 0 saturated heterocycles. The van der Waals surface area contributed by atoms with Gasteiger partial charge in [-0.25, -0.2) is 9.78 Å². The Morgan fingerprint density at radius 3 is 2.75 bits per heavy atom. The van der Waals surface area contributed by atoms with Crippen LogP contribution in [0.4, 0.5) is 5.69 Å². The molecule has 2 aromatic rings. The Hall–Kier alpha value is -2.48. The van der Waals surface area contributed by atoms with E-state index < -0.39 is 10.9 Å². The van der Waals surface area contributed by atoms with Crippen LogP contribution in [0.5, 0.6) is 11.5 Å². The number of carboxylic acids is 1. The Balaban J connectivity index is 2.45. The average Bonchev–Trinajstić information content (AvgIpc) is 2.41. The maximum atomic E-state index is 11.0. The number of aromatic carboxylic acids is 1. The van der Waals surface area contributed by atoms with E-state index in [1.54, 1.807) is 6.07 Å². The van der Waals surface area contributed by atoms with Crippen molar-refractivity contribution in [3.05, 3.63) is 56.8 Å². The second kappa shape index (κ2) is 5.66. The Kier molecular flexibility index (Phi) is 3.94. The zero-order valence-electron chi connectivity index (χ0n) is 9.82. The molecule has 1 aromatic carbocycles. The standard InChI is InChI=1S/C12H7BrN2O5/c13-7-3-4-9(8(6-7)15(18)19)20-10-2-1-5-14-11(10)12(16)17/h1-6H,(H,16,17). The van der Waals surface area contributed by atoms with Gasteiger partial charge in [0.05, 0.1) is 4.92 Å². The lowest BCUT2D eigenvalue weighted by molar-refractivity contribution is -0.385. The zero-order chi connectivity index (χ0) is 14.7.